The third-order valence-electron chi connectivity index (χ3n) is 9.87. The van der Waals surface area contributed by atoms with Crippen LogP contribution >= 0.6 is 0 Å². The zero-order chi connectivity index (χ0) is 35.0. The maximum absolute atomic E-state index is 8.01. The van der Waals surface area contributed by atoms with E-state index in [1.54, 1.807) is 0 Å². The summed E-state index contributed by atoms with van der Waals surface area (Å²) in [6.07, 6.45) is 0. The fourth-order valence-electron chi connectivity index (χ4n) is 8.50. The quantitative estimate of drug-likeness (QED) is 0.245. The van der Waals surface area contributed by atoms with Gasteiger partial charge in [0.25, 0.3) is 0 Å². The van der Waals surface area contributed by atoms with Crippen LogP contribution in [-0.2, 0) is 4.23 Å². The van der Waals surface area contributed by atoms with Gasteiger partial charge in [0.2, 0.25) is 0 Å². The van der Waals surface area contributed by atoms with Gasteiger partial charge in [0.1, 0.15) is 0 Å². The van der Waals surface area contributed by atoms with Gasteiger partial charge in [0, 0.05) is 0 Å². The Labute approximate surface area is 300 Å². The summed E-state index contributed by atoms with van der Waals surface area (Å²) in [6, 6.07) is 16.3. The molecule has 0 atom stereocenters. The molecule has 0 unspecified atom stereocenters. The van der Waals surface area contributed by atoms with Crippen molar-refractivity contribution in [2.75, 3.05) is 0 Å². The van der Waals surface area contributed by atoms with Crippen molar-refractivity contribution in [1.29, 1.82) is 0 Å². The molecule has 1 aliphatic rings. The second-order valence-corrected chi connectivity index (χ2v) is 58.8. The zero-order valence-electron chi connectivity index (χ0n) is 32.3. The fraction of sp³-hybridized carbons (Fsp3) is 0.550. The first-order chi connectivity index (χ1) is 20.8. The number of benzene rings is 3. The van der Waals surface area contributed by atoms with Crippen LogP contribution in [0.1, 0.15) is 116 Å². The van der Waals surface area contributed by atoms with Gasteiger partial charge in [0.15, 0.2) is 0 Å². The van der Waals surface area contributed by atoms with E-state index in [4.69, 9.17) is 4.23 Å². The summed E-state index contributed by atoms with van der Waals surface area (Å²) < 4.78 is 25.0. The van der Waals surface area contributed by atoms with Crippen molar-refractivity contribution in [1.82, 2.24) is 0 Å². The molecule has 0 amide bonds. The van der Waals surface area contributed by atoms with E-state index in [-0.39, 0.29) is 13.7 Å². The van der Waals surface area contributed by atoms with E-state index in [0.29, 0.717) is 0 Å². The predicted molar refractivity (Wildman–Crippen MR) is 205 cm³/mol. The first kappa shape index (κ1) is 38.7. The molecule has 0 N–H and O–H groups in total. The molecule has 1 saturated heterocycles. The molecule has 1 aliphatic heterocycles. The van der Waals surface area contributed by atoms with Crippen LogP contribution < -0.4 is 3.58 Å². The van der Waals surface area contributed by atoms with E-state index in [1.807, 2.05) is 0 Å². The van der Waals surface area contributed by atoms with Gasteiger partial charge in [-0.3, -0.25) is 0 Å². The Morgan fingerprint density at radius 2 is 0.761 bits per heavy atom. The molecule has 6 heteroatoms. The summed E-state index contributed by atoms with van der Waals surface area (Å²) in [4.78, 5) is 0. The van der Waals surface area contributed by atoms with Crippen LogP contribution in [0.5, 0.6) is 0 Å². The summed E-state index contributed by atoms with van der Waals surface area (Å²) in [7, 11) is 0. The van der Waals surface area contributed by atoms with Crippen LogP contribution in [0, 0.1) is 41.5 Å². The molecule has 0 bridgehead atoms. The first-order valence-electron chi connectivity index (χ1n) is 17.0. The monoisotopic (exact) mass is 949 g/mol. The Morgan fingerprint density at radius 3 is 1.02 bits per heavy atom. The van der Waals surface area contributed by atoms with Crippen molar-refractivity contribution in [3.05, 3.63) is 75.8 Å². The van der Waals surface area contributed by atoms with E-state index >= 15 is 0 Å². The molecule has 0 aromatic heterocycles. The molecule has 0 spiro atoms. The third-order valence-corrected chi connectivity index (χ3v) is 68.6. The average molecular weight is 946 g/mol. The second kappa shape index (κ2) is 12.9. The Kier molecular flexibility index (Phi) is 10.9. The van der Waals surface area contributed by atoms with Crippen molar-refractivity contribution in [2.24, 2.45) is 0 Å². The molecule has 46 heavy (non-hydrogen) atoms. The van der Waals surface area contributed by atoms with Crippen molar-refractivity contribution < 1.29 is 4.23 Å². The zero-order valence-corrected chi connectivity index (χ0v) is 40.8. The van der Waals surface area contributed by atoms with Crippen LogP contribution in [0.4, 0.5) is 0 Å². The number of aryl methyl sites for hydroxylation is 6. The SMILES string of the molecule is Cc1cc(C)c(-c2cccc(-c3c(C)cc(C)cc3C)[c]2[Sn]2[O][Sn]([C](C)(C)C)([C](C)(C)C)[O][Sn]([C](C)(C)C)([C](C)(C)C)[O]2)c(C)c1. The fourth-order valence-corrected chi connectivity index (χ4v) is 121. The van der Waals surface area contributed by atoms with Crippen LogP contribution in [0.15, 0.2) is 42.5 Å². The summed E-state index contributed by atoms with van der Waals surface area (Å²) in [6.45, 7) is 42.3. The van der Waals surface area contributed by atoms with E-state index in [2.05, 4.69) is 167 Å². The standard InChI is InChI=1S/C24H25.4C4H9.3O.3Sn/c1-15-10-17(3)23(18(4)11-15)21-8-7-9-22(14-21)24-19(5)12-16(2)13-20(24)6;4*1-4(2)3;;;;;;/h7-13H,1-6H3;4*1-3H3;;;;;;. The van der Waals surface area contributed by atoms with E-state index in [1.165, 1.54) is 59.2 Å². The Bertz CT molecular complexity index is 1440. The van der Waals surface area contributed by atoms with Crippen molar-refractivity contribution in [2.45, 2.75) is 138 Å². The normalized spacial score (nSPS) is 17.8. The summed E-state index contributed by atoms with van der Waals surface area (Å²) in [5.74, 6) is 0. The third kappa shape index (κ3) is 6.70. The van der Waals surface area contributed by atoms with Crippen molar-refractivity contribution >= 4 is 62.6 Å². The Hall–Kier alpha value is -0.0639. The molecule has 3 aromatic rings. The molecule has 3 aromatic carbocycles. The molecule has 1 heterocycles. The molecule has 1 fully saturated rings. The van der Waals surface area contributed by atoms with Gasteiger partial charge in [-0.1, -0.05) is 0 Å². The van der Waals surface area contributed by atoms with E-state index < -0.39 is 59.0 Å². The van der Waals surface area contributed by atoms with Gasteiger partial charge in [-0.25, -0.2) is 0 Å². The molecule has 0 aliphatic carbocycles. The van der Waals surface area contributed by atoms with E-state index in [0.717, 1.165) is 0 Å². The Balaban J connectivity index is 2.25. The first-order valence-corrected chi connectivity index (χ1v) is 31.2. The number of hydrogen-bond acceptors (Lipinski definition) is 3. The van der Waals surface area contributed by atoms with Gasteiger partial charge in [-0.15, -0.1) is 0 Å². The molecule has 3 nitrogen and oxygen atoms in total. The minimum atomic E-state index is -4.04. The van der Waals surface area contributed by atoms with Gasteiger partial charge < -0.3 is 0 Å². The van der Waals surface area contributed by atoms with Gasteiger partial charge in [0.05, 0.1) is 0 Å². The second-order valence-electron chi connectivity index (χ2n) is 18.1. The molecule has 0 saturated carbocycles. The minimum absolute atomic E-state index is 0.0817. The van der Waals surface area contributed by atoms with Crippen LogP contribution in [0.2, 0.25) is 13.7 Å². The summed E-state index contributed by atoms with van der Waals surface area (Å²) in [5, 5.41) is 0. The number of rotatable bonds is 3. The molecule has 4 rings (SSSR count). The average Bonchev–Trinajstić information content (AvgIpc) is 2.84. The van der Waals surface area contributed by atoms with Gasteiger partial charge in [-0.2, -0.15) is 0 Å². The maximum atomic E-state index is 8.01. The van der Waals surface area contributed by atoms with E-state index in [9.17, 15) is 0 Å². The predicted octanol–water partition coefficient (Wildman–Crippen LogP) is 11.7. The van der Waals surface area contributed by atoms with Crippen LogP contribution in [-0.4, -0.2) is 59.0 Å². The molecule has 251 valence electrons. The van der Waals surface area contributed by atoms with Crippen LogP contribution in [0.25, 0.3) is 22.3 Å². The van der Waals surface area contributed by atoms with Crippen LogP contribution in [0.3, 0.4) is 0 Å². The van der Waals surface area contributed by atoms with Crippen molar-refractivity contribution in [3.8, 4) is 22.3 Å². The Morgan fingerprint density at radius 1 is 0.478 bits per heavy atom. The summed E-state index contributed by atoms with van der Waals surface area (Å²) >= 11 is -11.5. The molecule has 1 radical (unpaired) electrons. The van der Waals surface area contributed by atoms with Crippen molar-refractivity contribution in [3.63, 3.8) is 0 Å². The topological polar surface area (TPSA) is 27.7 Å². The molecular formula is C40H61O3Sn3. The van der Waals surface area contributed by atoms with Gasteiger partial charge in [-0.05, 0) is 0 Å². The van der Waals surface area contributed by atoms with Gasteiger partial charge >= 0.3 is 303 Å². The summed E-state index contributed by atoms with van der Waals surface area (Å²) in [5.41, 5.74) is 13.1. The number of hydrogen-bond donors (Lipinski definition) is 0. The molecular weight excluding hydrogens is 885 g/mol.